The van der Waals surface area contributed by atoms with Crippen LogP contribution in [0.4, 0.5) is 5.69 Å². The standard InChI is InChI=1S/C9H10N2/c1-11-6-8(10)7-4-2-3-5-9(7)11/h2-5,10H,6H2,1H3. The van der Waals surface area contributed by atoms with E-state index in [-0.39, 0.29) is 0 Å². The molecule has 0 atom stereocenters. The van der Waals surface area contributed by atoms with E-state index in [9.17, 15) is 0 Å². The van der Waals surface area contributed by atoms with Crippen molar-refractivity contribution in [2.75, 3.05) is 18.5 Å². The van der Waals surface area contributed by atoms with E-state index in [4.69, 9.17) is 5.41 Å². The molecule has 2 nitrogen and oxygen atoms in total. The first-order valence-electron chi connectivity index (χ1n) is 3.67. The lowest BCUT2D eigenvalue weighted by atomic mass is 10.1. The van der Waals surface area contributed by atoms with E-state index in [1.54, 1.807) is 0 Å². The third-order valence-electron chi connectivity index (χ3n) is 2.04. The van der Waals surface area contributed by atoms with Crippen molar-refractivity contribution in [3.05, 3.63) is 29.8 Å². The lowest BCUT2D eigenvalue weighted by Crippen LogP contribution is -2.15. The summed E-state index contributed by atoms with van der Waals surface area (Å²) in [5, 5.41) is 7.62. The molecule has 56 valence electrons. The van der Waals surface area contributed by atoms with Gasteiger partial charge in [0.2, 0.25) is 0 Å². The Labute approximate surface area is 66.0 Å². The maximum atomic E-state index is 7.62. The van der Waals surface area contributed by atoms with Crippen LogP contribution >= 0.6 is 0 Å². The number of benzene rings is 1. The van der Waals surface area contributed by atoms with E-state index in [0.29, 0.717) is 0 Å². The van der Waals surface area contributed by atoms with Gasteiger partial charge in [-0.1, -0.05) is 18.2 Å². The Morgan fingerprint density at radius 1 is 1.36 bits per heavy atom. The van der Waals surface area contributed by atoms with E-state index in [2.05, 4.69) is 11.0 Å². The van der Waals surface area contributed by atoms with Crippen LogP contribution in [0.25, 0.3) is 0 Å². The van der Waals surface area contributed by atoms with Crippen LogP contribution in [0, 0.1) is 5.41 Å². The van der Waals surface area contributed by atoms with Gasteiger partial charge in [-0.2, -0.15) is 0 Å². The summed E-state index contributed by atoms with van der Waals surface area (Å²) < 4.78 is 0. The van der Waals surface area contributed by atoms with Crippen LogP contribution in [0.5, 0.6) is 0 Å². The lowest BCUT2D eigenvalue weighted by molar-refractivity contribution is 1.09. The number of anilines is 1. The van der Waals surface area contributed by atoms with Gasteiger partial charge in [-0.3, -0.25) is 0 Å². The van der Waals surface area contributed by atoms with Gasteiger partial charge in [-0.15, -0.1) is 0 Å². The molecule has 1 aromatic rings. The molecule has 0 fully saturated rings. The molecule has 0 spiro atoms. The van der Waals surface area contributed by atoms with Gasteiger partial charge in [0, 0.05) is 18.3 Å². The van der Waals surface area contributed by atoms with Crippen molar-refractivity contribution < 1.29 is 0 Å². The number of hydrogen-bond acceptors (Lipinski definition) is 2. The lowest BCUT2D eigenvalue weighted by Gasteiger charge is -2.09. The first kappa shape index (κ1) is 6.40. The Morgan fingerprint density at radius 3 is 2.82 bits per heavy atom. The van der Waals surface area contributed by atoms with Gasteiger partial charge in [0.05, 0.1) is 12.3 Å². The molecule has 1 aliphatic rings. The van der Waals surface area contributed by atoms with E-state index in [1.165, 1.54) is 5.69 Å². The summed E-state index contributed by atoms with van der Waals surface area (Å²) in [6, 6.07) is 8.04. The second-order valence-corrected chi connectivity index (χ2v) is 2.85. The third kappa shape index (κ3) is 0.827. The average Bonchev–Trinajstić information content (AvgIpc) is 2.30. The largest absolute Gasteiger partial charge is 0.368 e. The quantitative estimate of drug-likeness (QED) is 0.590. The Balaban J connectivity index is 2.60. The molecule has 1 N–H and O–H groups in total. The zero-order valence-corrected chi connectivity index (χ0v) is 6.46. The molecule has 0 bridgehead atoms. The van der Waals surface area contributed by atoms with Crippen LogP contribution in [0.2, 0.25) is 0 Å². The summed E-state index contributed by atoms with van der Waals surface area (Å²) in [5.41, 5.74) is 2.98. The first-order valence-corrected chi connectivity index (χ1v) is 3.67. The summed E-state index contributed by atoms with van der Waals surface area (Å²) in [6.07, 6.45) is 0. The van der Waals surface area contributed by atoms with Gasteiger partial charge < -0.3 is 10.3 Å². The van der Waals surface area contributed by atoms with E-state index in [1.807, 2.05) is 25.2 Å². The maximum Gasteiger partial charge on any atom is 0.0600 e. The first-order chi connectivity index (χ1) is 5.29. The predicted molar refractivity (Wildman–Crippen MR) is 46.5 cm³/mol. The van der Waals surface area contributed by atoms with Crippen molar-refractivity contribution in [2.24, 2.45) is 0 Å². The zero-order chi connectivity index (χ0) is 7.84. The van der Waals surface area contributed by atoms with Crippen molar-refractivity contribution >= 4 is 11.4 Å². The molecular weight excluding hydrogens is 136 g/mol. The fraction of sp³-hybridized carbons (Fsp3) is 0.222. The van der Waals surface area contributed by atoms with E-state index in [0.717, 1.165) is 17.8 Å². The van der Waals surface area contributed by atoms with Crippen molar-refractivity contribution in [3.8, 4) is 0 Å². The topological polar surface area (TPSA) is 27.1 Å². The molecule has 1 aromatic carbocycles. The highest BCUT2D eigenvalue weighted by atomic mass is 15.1. The van der Waals surface area contributed by atoms with Gasteiger partial charge in [0.15, 0.2) is 0 Å². The summed E-state index contributed by atoms with van der Waals surface area (Å²) in [5.74, 6) is 0. The normalized spacial score (nSPS) is 15.4. The SMILES string of the molecule is CN1CC(=N)c2ccccc21. The molecule has 2 rings (SSSR count). The Morgan fingerprint density at radius 2 is 2.09 bits per heavy atom. The van der Waals surface area contributed by atoms with Crippen molar-refractivity contribution in [1.29, 1.82) is 5.41 Å². The van der Waals surface area contributed by atoms with Crippen molar-refractivity contribution in [2.45, 2.75) is 0 Å². The number of nitrogens with one attached hydrogen (secondary N) is 1. The van der Waals surface area contributed by atoms with Gasteiger partial charge in [0.1, 0.15) is 0 Å². The van der Waals surface area contributed by atoms with Crippen LogP contribution in [0.1, 0.15) is 5.56 Å². The van der Waals surface area contributed by atoms with Gasteiger partial charge >= 0.3 is 0 Å². The summed E-state index contributed by atoms with van der Waals surface area (Å²) >= 11 is 0. The second kappa shape index (κ2) is 2.09. The molecular formula is C9H10N2. The number of rotatable bonds is 0. The van der Waals surface area contributed by atoms with Gasteiger partial charge in [0.25, 0.3) is 0 Å². The maximum absolute atomic E-state index is 7.62. The Kier molecular flexibility index (Phi) is 1.22. The number of para-hydroxylation sites is 1. The molecule has 0 unspecified atom stereocenters. The highest BCUT2D eigenvalue weighted by Gasteiger charge is 2.18. The monoisotopic (exact) mass is 146 g/mol. The van der Waals surface area contributed by atoms with Gasteiger partial charge in [-0.05, 0) is 6.07 Å². The van der Waals surface area contributed by atoms with Gasteiger partial charge in [-0.25, -0.2) is 0 Å². The van der Waals surface area contributed by atoms with Crippen LogP contribution in [-0.4, -0.2) is 19.3 Å². The fourth-order valence-corrected chi connectivity index (χ4v) is 1.47. The predicted octanol–water partition coefficient (Wildman–Crippen LogP) is 1.50. The number of hydrogen-bond donors (Lipinski definition) is 1. The van der Waals surface area contributed by atoms with Crippen molar-refractivity contribution in [1.82, 2.24) is 0 Å². The third-order valence-corrected chi connectivity index (χ3v) is 2.04. The Hall–Kier alpha value is -1.31. The molecule has 0 amide bonds. The van der Waals surface area contributed by atoms with Crippen LogP contribution < -0.4 is 4.90 Å². The van der Waals surface area contributed by atoms with Crippen LogP contribution in [0.3, 0.4) is 0 Å². The van der Waals surface area contributed by atoms with Crippen LogP contribution in [0.15, 0.2) is 24.3 Å². The summed E-state index contributed by atoms with van der Waals surface area (Å²) in [4.78, 5) is 2.09. The molecule has 11 heavy (non-hydrogen) atoms. The summed E-state index contributed by atoms with van der Waals surface area (Å²) in [6.45, 7) is 0.749. The zero-order valence-electron chi connectivity index (χ0n) is 6.46. The highest BCUT2D eigenvalue weighted by Crippen LogP contribution is 2.25. The van der Waals surface area contributed by atoms with E-state index < -0.39 is 0 Å². The molecule has 0 aliphatic carbocycles. The number of likely N-dealkylation sites (N-methyl/N-ethyl adjacent to an activating group) is 1. The number of fused-ring (bicyclic) bond motifs is 1. The van der Waals surface area contributed by atoms with E-state index >= 15 is 0 Å². The minimum absolute atomic E-state index is 0.725. The Bertz CT molecular complexity index is 304. The molecule has 0 aromatic heterocycles. The molecule has 2 heteroatoms. The number of nitrogens with zero attached hydrogens (tertiary/aromatic N) is 1. The van der Waals surface area contributed by atoms with Crippen molar-refractivity contribution in [3.63, 3.8) is 0 Å². The highest BCUT2D eigenvalue weighted by molar-refractivity contribution is 6.09. The molecule has 0 saturated carbocycles. The minimum Gasteiger partial charge on any atom is -0.368 e. The van der Waals surface area contributed by atoms with Crippen LogP contribution in [-0.2, 0) is 0 Å². The summed E-state index contributed by atoms with van der Waals surface area (Å²) in [7, 11) is 2.01. The molecule has 1 heterocycles. The molecule has 1 aliphatic heterocycles. The second-order valence-electron chi connectivity index (χ2n) is 2.85. The smallest absolute Gasteiger partial charge is 0.0600 e. The molecule has 0 saturated heterocycles. The minimum atomic E-state index is 0.725. The molecule has 0 radical (unpaired) electrons. The fourth-order valence-electron chi connectivity index (χ4n) is 1.47. The average molecular weight is 146 g/mol.